The van der Waals surface area contributed by atoms with Crippen molar-refractivity contribution in [2.24, 2.45) is 0 Å². The molecule has 0 bridgehead atoms. The van der Waals surface area contributed by atoms with Gasteiger partial charge in [0.2, 0.25) is 11.8 Å². The lowest BCUT2D eigenvalue weighted by molar-refractivity contribution is -0.384. The van der Waals surface area contributed by atoms with Gasteiger partial charge in [-0.05, 0) is 24.5 Å². The summed E-state index contributed by atoms with van der Waals surface area (Å²) in [5.74, 6) is 1.17. The van der Waals surface area contributed by atoms with Gasteiger partial charge in [-0.2, -0.15) is 0 Å². The van der Waals surface area contributed by atoms with E-state index >= 15 is 0 Å². The van der Waals surface area contributed by atoms with Gasteiger partial charge in [0, 0.05) is 38.8 Å². The van der Waals surface area contributed by atoms with E-state index in [1.807, 2.05) is 25.1 Å². The second-order valence-electron chi connectivity index (χ2n) is 6.95. The Hall–Kier alpha value is -3.23. The molecule has 3 rings (SSSR count). The topological polar surface area (TPSA) is 102 Å². The smallest absolute Gasteiger partial charge is 0.269 e. The third-order valence-electron chi connectivity index (χ3n) is 4.60. The number of likely N-dealkylation sites (tertiary alicyclic amines) is 1. The lowest BCUT2D eigenvalue weighted by Gasteiger charge is -2.32. The van der Waals surface area contributed by atoms with Crippen molar-refractivity contribution in [1.82, 2.24) is 15.1 Å². The Labute approximate surface area is 163 Å². The number of hydrogen-bond donors (Lipinski definition) is 0. The SMILES string of the molecule is CN(C)c1ccc(OC2CCCN(C(=O)Cc3ccc([N+](=O)[O-])cc3)C2)nn1. The number of hydrogen-bond acceptors (Lipinski definition) is 7. The molecule has 0 spiro atoms. The maximum Gasteiger partial charge on any atom is 0.269 e. The number of benzene rings is 1. The van der Waals surface area contributed by atoms with Crippen molar-refractivity contribution in [2.45, 2.75) is 25.4 Å². The van der Waals surface area contributed by atoms with Gasteiger partial charge in [0.1, 0.15) is 6.10 Å². The number of ether oxygens (including phenoxy) is 1. The molecule has 0 saturated carbocycles. The number of piperidine rings is 1. The monoisotopic (exact) mass is 385 g/mol. The minimum atomic E-state index is -0.452. The normalized spacial score (nSPS) is 16.5. The summed E-state index contributed by atoms with van der Waals surface area (Å²) in [5, 5.41) is 18.9. The largest absolute Gasteiger partial charge is 0.471 e. The minimum Gasteiger partial charge on any atom is -0.471 e. The Morgan fingerprint density at radius 3 is 2.61 bits per heavy atom. The van der Waals surface area contributed by atoms with Crippen LogP contribution in [0.25, 0.3) is 0 Å². The summed E-state index contributed by atoms with van der Waals surface area (Å²) < 4.78 is 5.90. The van der Waals surface area contributed by atoms with Crippen LogP contribution in [0.15, 0.2) is 36.4 Å². The van der Waals surface area contributed by atoms with E-state index in [-0.39, 0.29) is 24.1 Å². The highest BCUT2D eigenvalue weighted by molar-refractivity contribution is 5.79. The number of nitrogens with zero attached hydrogens (tertiary/aromatic N) is 5. The summed E-state index contributed by atoms with van der Waals surface area (Å²) in [6.07, 6.45) is 1.77. The fraction of sp³-hybridized carbons (Fsp3) is 0.421. The second-order valence-corrected chi connectivity index (χ2v) is 6.95. The van der Waals surface area contributed by atoms with Crippen LogP contribution in [0.2, 0.25) is 0 Å². The van der Waals surface area contributed by atoms with Gasteiger partial charge in [0.15, 0.2) is 5.82 Å². The minimum absolute atomic E-state index is 0.0174. The van der Waals surface area contributed by atoms with E-state index in [2.05, 4.69) is 10.2 Å². The highest BCUT2D eigenvalue weighted by Crippen LogP contribution is 2.19. The summed E-state index contributed by atoms with van der Waals surface area (Å²) in [6.45, 7) is 1.17. The molecule has 1 aliphatic rings. The van der Waals surface area contributed by atoms with E-state index in [0.29, 0.717) is 19.0 Å². The third kappa shape index (κ3) is 4.93. The van der Waals surface area contributed by atoms with Gasteiger partial charge in [-0.3, -0.25) is 14.9 Å². The average molecular weight is 385 g/mol. The van der Waals surface area contributed by atoms with E-state index < -0.39 is 4.92 Å². The molecule has 9 nitrogen and oxygen atoms in total. The summed E-state index contributed by atoms with van der Waals surface area (Å²) in [5.41, 5.74) is 0.771. The number of nitro groups is 1. The number of non-ortho nitro benzene ring substituents is 1. The molecule has 0 radical (unpaired) electrons. The predicted octanol–water partition coefficient (Wildman–Crippen LogP) is 2.06. The number of rotatable bonds is 6. The van der Waals surface area contributed by atoms with Crippen LogP contribution < -0.4 is 9.64 Å². The van der Waals surface area contributed by atoms with Crippen LogP contribution in [0.3, 0.4) is 0 Å². The average Bonchev–Trinajstić information content (AvgIpc) is 2.69. The number of nitro benzene ring substituents is 1. The zero-order valence-corrected chi connectivity index (χ0v) is 15.9. The first-order valence-corrected chi connectivity index (χ1v) is 9.11. The van der Waals surface area contributed by atoms with Gasteiger partial charge in [-0.25, -0.2) is 0 Å². The highest BCUT2D eigenvalue weighted by Gasteiger charge is 2.25. The third-order valence-corrected chi connectivity index (χ3v) is 4.60. The van der Waals surface area contributed by atoms with Crippen LogP contribution in [0.4, 0.5) is 11.5 Å². The molecule has 1 unspecified atom stereocenters. The molecule has 2 aromatic rings. The van der Waals surface area contributed by atoms with E-state index in [9.17, 15) is 14.9 Å². The van der Waals surface area contributed by atoms with E-state index in [1.54, 1.807) is 23.1 Å². The fourth-order valence-corrected chi connectivity index (χ4v) is 3.07. The second kappa shape index (κ2) is 8.64. The first-order chi connectivity index (χ1) is 13.4. The summed E-state index contributed by atoms with van der Waals surface area (Å²) in [4.78, 5) is 26.5. The van der Waals surface area contributed by atoms with Gasteiger partial charge in [-0.1, -0.05) is 12.1 Å². The molecule has 2 heterocycles. The van der Waals surface area contributed by atoms with Gasteiger partial charge in [0.25, 0.3) is 5.69 Å². The number of carbonyl (C=O) groups excluding carboxylic acids is 1. The fourth-order valence-electron chi connectivity index (χ4n) is 3.07. The van der Waals surface area contributed by atoms with Crippen LogP contribution >= 0.6 is 0 Å². The molecule has 1 atom stereocenters. The molecule has 28 heavy (non-hydrogen) atoms. The standard InChI is InChI=1S/C19H23N5O4/c1-22(2)17-9-10-18(21-20-17)28-16-4-3-11-23(13-16)19(25)12-14-5-7-15(8-6-14)24(26)27/h5-10,16H,3-4,11-13H2,1-2H3. The Balaban J connectivity index is 1.56. The molecule has 0 aliphatic carbocycles. The Kier molecular flexibility index (Phi) is 6.03. The van der Waals surface area contributed by atoms with Crippen molar-refractivity contribution in [3.05, 3.63) is 52.1 Å². The Morgan fingerprint density at radius 1 is 1.25 bits per heavy atom. The summed E-state index contributed by atoms with van der Waals surface area (Å²) >= 11 is 0. The maximum absolute atomic E-state index is 12.6. The van der Waals surface area contributed by atoms with Crippen LogP contribution in [0.5, 0.6) is 5.88 Å². The molecule has 1 aliphatic heterocycles. The molecule has 1 aromatic carbocycles. The van der Waals surface area contributed by atoms with Crippen molar-refractivity contribution in [2.75, 3.05) is 32.1 Å². The number of anilines is 1. The molecule has 1 amide bonds. The molecular formula is C19H23N5O4. The summed E-state index contributed by atoms with van der Waals surface area (Å²) in [7, 11) is 3.78. The van der Waals surface area contributed by atoms with Crippen LogP contribution in [-0.4, -0.2) is 59.2 Å². The molecule has 1 aromatic heterocycles. The number of aromatic nitrogens is 2. The molecule has 0 N–H and O–H groups in total. The van der Waals surface area contributed by atoms with Gasteiger partial charge >= 0.3 is 0 Å². The van der Waals surface area contributed by atoms with Crippen molar-refractivity contribution in [1.29, 1.82) is 0 Å². The molecule has 1 fully saturated rings. The number of amides is 1. The zero-order chi connectivity index (χ0) is 20.1. The van der Waals surface area contributed by atoms with E-state index in [1.165, 1.54) is 12.1 Å². The van der Waals surface area contributed by atoms with Gasteiger partial charge < -0.3 is 14.5 Å². The quantitative estimate of drug-likeness (QED) is 0.554. The van der Waals surface area contributed by atoms with Crippen molar-refractivity contribution < 1.29 is 14.5 Å². The molecule has 148 valence electrons. The van der Waals surface area contributed by atoms with E-state index in [4.69, 9.17) is 4.74 Å². The zero-order valence-electron chi connectivity index (χ0n) is 15.9. The molecular weight excluding hydrogens is 362 g/mol. The lowest BCUT2D eigenvalue weighted by atomic mass is 10.1. The molecule has 9 heteroatoms. The first-order valence-electron chi connectivity index (χ1n) is 9.11. The first kappa shape index (κ1) is 19.5. The van der Waals surface area contributed by atoms with Crippen LogP contribution in [0.1, 0.15) is 18.4 Å². The van der Waals surface area contributed by atoms with Crippen molar-refractivity contribution in [3.8, 4) is 5.88 Å². The summed E-state index contributed by atoms with van der Waals surface area (Å²) in [6, 6.07) is 9.69. The van der Waals surface area contributed by atoms with Crippen molar-refractivity contribution >= 4 is 17.4 Å². The van der Waals surface area contributed by atoms with Gasteiger partial charge in [0.05, 0.1) is 17.9 Å². The predicted molar refractivity (Wildman–Crippen MR) is 103 cm³/mol. The number of carbonyl (C=O) groups is 1. The maximum atomic E-state index is 12.6. The Morgan fingerprint density at radius 2 is 2.00 bits per heavy atom. The Bertz CT molecular complexity index is 823. The van der Waals surface area contributed by atoms with Gasteiger partial charge in [-0.15, -0.1) is 10.2 Å². The molecule has 1 saturated heterocycles. The van der Waals surface area contributed by atoms with Crippen molar-refractivity contribution in [3.63, 3.8) is 0 Å². The van der Waals surface area contributed by atoms with Crippen LogP contribution in [-0.2, 0) is 11.2 Å². The lowest BCUT2D eigenvalue weighted by Crippen LogP contribution is -2.45. The highest BCUT2D eigenvalue weighted by atomic mass is 16.6. The van der Waals surface area contributed by atoms with E-state index in [0.717, 1.165) is 24.2 Å². The van der Waals surface area contributed by atoms with Crippen LogP contribution in [0, 0.1) is 10.1 Å².